The Morgan fingerprint density at radius 1 is 0.908 bits per heavy atom. The first-order valence-corrected chi connectivity index (χ1v) is 24.9. The molecule has 3 fully saturated rings. The van der Waals surface area contributed by atoms with Gasteiger partial charge in [-0.25, -0.2) is 25.0 Å². The molecule has 76 heavy (non-hydrogen) atoms. The van der Waals surface area contributed by atoms with Crippen LogP contribution in [0.1, 0.15) is 75.3 Å². The summed E-state index contributed by atoms with van der Waals surface area (Å²) in [6, 6.07) is 13.9. The SMILES string of the molecule is COC(=O)NC(C(=O)NC(Cc1ccc(C#Cc2ccc(N3CC4CCC(C3)N4C3COC3)nc2)cc1)C(O)CN(Cc1ccc(C(C=NC(F)F)=CN)cc1)[NH2+]C(=O)C(NC(O)OC)C(C)(C)C)C(C)(C)C(F)(F)F. The number of aromatic nitrogens is 1. The van der Waals surface area contributed by atoms with Crippen molar-refractivity contribution >= 4 is 35.5 Å². The van der Waals surface area contributed by atoms with Crippen molar-refractivity contribution < 1.29 is 66.2 Å². The van der Waals surface area contributed by atoms with Crippen LogP contribution in [0.5, 0.6) is 0 Å². The third-order valence-electron chi connectivity index (χ3n) is 14.0. The van der Waals surface area contributed by atoms with Crippen molar-refractivity contribution in [1.82, 2.24) is 30.8 Å². The number of aliphatic imine (C=N–C) groups is 1. The highest BCUT2D eigenvalue weighted by Crippen LogP contribution is 2.41. The Kier molecular flexibility index (Phi) is 20.1. The lowest BCUT2D eigenvalue weighted by molar-refractivity contribution is -0.735. The van der Waals surface area contributed by atoms with E-state index in [9.17, 15) is 46.5 Å². The summed E-state index contributed by atoms with van der Waals surface area (Å²) >= 11 is 0. The van der Waals surface area contributed by atoms with E-state index in [1.165, 1.54) is 17.5 Å². The summed E-state index contributed by atoms with van der Waals surface area (Å²) in [5, 5.41) is 31.3. The molecule has 3 aliphatic heterocycles. The molecule has 414 valence electrons. The van der Waals surface area contributed by atoms with Gasteiger partial charge >= 0.3 is 24.7 Å². The number of carbonyl (C=O) groups excluding carboxylic acids is 3. The summed E-state index contributed by atoms with van der Waals surface area (Å²) in [5.74, 6) is 5.30. The molecule has 2 aromatic carbocycles. The molecule has 3 aromatic rings. The number of piperazine rings is 1. The van der Waals surface area contributed by atoms with Gasteiger partial charge in [0.2, 0.25) is 12.3 Å². The number of primary amides is 1. The van der Waals surface area contributed by atoms with Gasteiger partial charge in [0, 0.05) is 67.6 Å². The molecule has 0 aliphatic carbocycles. The number of fused-ring (bicyclic) bond motifs is 2. The van der Waals surface area contributed by atoms with E-state index in [1.54, 1.807) is 75.5 Å². The van der Waals surface area contributed by atoms with Gasteiger partial charge in [0.05, 0.1) is 57.0 Å². The molecule has 1 aromatic heterocycles. The van der Waals surface area contributed by atoms with Crippen LogP contribution in [-0.2, 0) is 36.8 Å². The Hall–Kier alpha value is -6.10. The summed E-state index contributed by atoms with van der Waals surface area (Å²) in [6.45, 7) is 6.63. The van der Waals surface area contributed by atoms with Gasteiger partial charge in [-0.05, 0) is 79.5 Å². The standard InChI is InChI=1S/C53H69F5N10O8/c1-51(2,3)44(63-49(72)74-6)47(71)65-67(26-35-14-17-36(18-15-35)37(23-59)25-61-48(54)55)29-42(69)41(62-46(70)45(64-50(73)75-7)52(4,5)53(56,57)58)22-33-11-8-32(9-12-33)10-13-34-16-21-43(60-24-34)66-27-38-19-20-39(28-66)68(38)40-30-76-31-40/h8-9,11-12,14-18,21,23-25,38-42,44-45,48-49,63,69,72H,19-20,22,26-31,59H2,1-7H3,(H,62,70)(H,64,73)(H,65,71)/p+1. The van der Waals surface area contributed by atoms with Gasteiger partial charge in [-0.3, -0.25) is 15.0 Å². The van der Waals surface area contributed by atoms with Crippen LogP contribution in [0.2, 0.25) is 0 Å². The number of halogens is 5. The molecular formula is C53H70F5N10O8+. The van der Waals surface area contributed by atoms with E-state index in [0.717, 1.165) is 78.3 Å². The number of rotatable bonds is 21. The van der Waals surface area contributed by atoms with Crippen molar-refractivity contribution in [2.45, 2.75) is 122 Å². The highest BCUT2D eigenvalue weighted by atomic mass is 19.4. The van der Waals surface area contributed by atoms with Crippen LogP contribution in [0, 0.1) is 22.7 Å². The van der Waals surface area contributed by atoms with Crippen molar-refractivity contribution in [3.63, 3.8) is 0 Å². The second-order valence-electron chi connectivity index (χ2n) is 20.8. The number of benzene rings is 2. The maximum absolute atomic E-state index is 14.6. The zero-order valence-electron chi connectivity index (χ0n) is 43.7. The molecule has 0 spiro atoms. The number of amides is 3. The monoisotopic (exact) mass is 1070 g/mol. The minimum atomic E-state index is -5.01. The molecule has 3 aliphatic rings. The second kappa shape index (κ2) is 25.8. The van der Waals surface area contributed by atoms with E-state index >= 15 is 0 Å². The number of nitrogens with zero attached hydrogens (tertiary/aromatic N) is 5. The second-order valence-corrected chi connectivity index (χ2v) is 20.8. The third kappa shape index (κ3) is 15.5. The molecule has 18 nitrogen and oxygen atoms in total. The van der Waals surface area contributed by atoms with Gasteiger partial charge < -0.3 is 45.7 Å². The summed E-state index contributed by atoms with van der Waals surface area (Å²) in [5.41, 5.74) is 6.22. The van der Waals surface area contributed by atoms with Crippen LogP contribution < -0.4 is 32.0 Å². The smallest absolute Gasteiger partial charge is 0.407 e. The van der Waals surface area contributed by atoms with Crippen molar-refractivity contribution in [3.8, 4) is 11.8 Å². The molecule has 2 bridgehead atoms. The first kappa shape index (κ1) is 59.1. The quantitative estimate of drug-likeness (QED) is 0.0155. The fourth-order valence-electron chi connectivity index (χ4n) is 9.49. The van der Waals surface area contributed by atoms with Gasteiger partial charge in [-0.1, -0.05) is 69.0 Å². The Morgan fingerprint density at radius 3 is 2.05 bits per heavy atom. The molecule has 7 atom stereocenters. The predicted octanol–water partition coefficient (Wildman–Crippen LogP) is 3.26. The van der Waals surface area contributed by atoms with Gasteiger partial charge in [0.1, 0.15) is 17.9 Å². The first-order valence-electron chi connectivity index (χ1n) is 24.9. The first-order chi connectivity index (χ1) is 35.9. The largest absolute Gasteiger partial charge is 0.453 e. The maximum Gasteiger partial charge on any atom is 0.407 e. The number of nitrogens with one attached hydrogen (secondary N) is 3. The zero-order valence-corrected chi connectivity index (χ0v) is 43.7. The van der Waals surface area contributed by atoms with Crippen LogP contribution in [0.3, 0.4) is 0 Å². The van der Waals surface area contributed by atoms with E-state index in [-0.39, 0.29) is 18.5 Å². The van der Waals surface area contributed by atoms with Gasteiger partial charge in [-0.15, -0.1) is 5.01 Å². The maximum atomic E-state index is 14.6. The Morgan fingerprint density at radius 2 is 1.53 bits per heavy atom. The minimum absolute atomic E-state index is 0.0893. The number of alkyl halides is 5. The van der Waals surface area contributed by atoms with Crippen molar-refractivity contribution in [3.05, 3.63) is 101 Å². The molecule has 0 saturated carbocycles. The van der Waals surface area contributed by atoms with E-state index in [4.69, 9.17) is 20.2 Å². The van der Waals surface area contributed by atoms with Gasteiger partial charge in [0.15, 0.2) is 0 Å². The van der Waals surface area contributed by atoms with Crippen LogP contribution in [-0.4, -0.2) is 158 Å². The number of ether oxygens (including phenoxy) is 3. The zero-order chi connectivity index (χ0) is 55.5. The number of methoxy groups -OCH3 is 2. The topological polar surface area (TPSA) is 233 Å². The average Bonchev–Trinajstić information content (AvgIpc) is 3.59. The number of hydrogen-bond donors (Lipinski definition) is 7. The number of allylic oxidation sites excluding steroid dienone is 1. The molecule has 6 rings (SSSR count). The number of aliphatic hydroxyl groups excluding tert-OH is 2. The van der Waals surface area contributed by atoms with Crippen LogP contribution in [0.15, 0.2) is 78.1 Å². The number of carbonyl (C=O) groups is 3. The minimum Gasteiger partial charge on any atom is -0.453 e. The van der Waals surface area contributed by atoms with Crippen LogP contribution in [0.4, 0.5) is 32.6 Å². The average molecular weight is 1070 g/mol. The number of alkyl carbamates (subject to hydrolysis) is 1. The highest BCUT2D eigenvalue weighted by Gasteiger charge is 2.56. The normalized spacial score (nSPS) is 19.6. The Labute approximate surface area is 439 Å². The molecular weight excluding hydrogens is 1000 g/mol. The molecule has 0 radical (unpaired) electrons. The van der Waals surface area contributed by atoms with Crippen molar-refractivity contribution in [2.24, 2.45) is 21.6 Å². The van der Waals surface area contributed by atoms with Gasteiger partial charge in [0.25, 0.3) is 0 Å². The van der Waals surface area contributed by atoms with E-state index in [0.29, 0.717) is 45.9 Å². The van der Waals surface area contributed by atoms with E-state index < -0.39 is 78.7 Å². The number of aliphatic hydroxyl groups is 2. The lowest BCUT2D eigenvalue weighted by Gasteiger charge is -2.47. The molecule has 23 heteroatoms. The Balaban J connectivity index is 1.26. The predicted molar refractivity (Wildman–Crippen MR) is 273 cm³/mol. The fourth-order valence-corrected chi connectivity index (χ4v) is 9.49. The summed E-state index contributed by atoms with van der Waals surface area (Å²) < 4.78 is 84.5. The molecule has 3 saturated heterocycles. The number of pyridine rings is 1. The van der Waals surface area contributed by atoms with Crippen LogP contribution in [0.25, 0.3) is 5.57 Å². The molecule has 7 unspecified atom stereocenters. The van der Waals surface area contributed by atoms with E-state index in [2.05, 4.69) is 42.0 Å². The lowest BCUT2D eigenvalue weighted by atomic mass is 9.82. The summed E-state index contributed by atoms with van der Waals surface area (Å²) in [7, 11) is 2.16. The van der Waals surface area contributed by atoms with Crippen molar-refractivity contribution in [1.29, 1.82) is 0 Å². The van der Waals surface area contributed by atoms with Gasteiger partial charge in [-0.2, -0.15) is 22.0 Å². The van der Waals surface area contributed by atoms with E-state index in [1.807, 2.05) is 17.4 Å². The fraction of sp³-hybridized carbons (Fsp3) is 0.528. The number of quaternary nitrogens is 1. The number of anilines is 1. The Bertz CT molecular complexity index is 2540. The molecule has 9 N–H and O–H groups in total. The number of hydrogen-bond acceptors (Lipinski definition) is 15. The third-order valence-corrected chi connectivity index (χ3v) is 14.0. The lowest BCUT2D eigenvalue weighted by Crippen LogP contribution is -3.00. The summed E-state index contributed by atoms with van der Waals surface area (Å²) in [4.78, 5) is 53.5. The summed E-state index contributed by atoms with van der Waals surface area (Å²) in [6.07, 6.45) is -3.57. The number of nitrogens with two attached hydrogens (primary N) is 2. The molecule has 4 heterocycles. The van der Waals surface area contributed by atoms with Crippen molar-refractivity contribution in [2.75, 3.05) is 52.0 Å². The highest BCUT2D eigenvalue weighted by molar-refractivity contribution is 6.09. The van der Waals surface area contributed by atoms with Crippen LogP contribution >= 0.6 is 0 Å². The molecule has 3 amide bonds.